The van der Waals surface area contributed by atoms with E-state index in [4.69, 9.17) is 10.00 Å². The van der Waals surface area contributed by atoms with Crippen LogP contribution in [0.4, 0.5) is 0 Å². The van der Waals surface area contributed by atoms with Crippen molar-refractivity contribution in [1.29, 1.82) is 5.26 Å². The lowest BCUT2D eigenvalue weighted by Crippen LogP contribution is -2.50. The van der Waals surface area contributed by atoms with Gasteiger partial charge in [0, 0.05) is 32.7 Å². The van der Waals surface area contributed by atoms with Gasteiger partial charge in [0.2, 0.25) is 0 Å². The first-order valence-corrected chi connectivity index (χ1v) is 7.73. The summed E-state index contributed by atoms with van der Waals surface area (Å²) in [5.41, 5.74) is 1.87. The van der Waals surface area contributed by atoms with E-state index in [0.717, 1.165) is 45.3 Å². The number of nitrogens with zero attached hydrogens (tertiary/aromatic N) is 2. The fourth-order valence-electron chi connectivity index (χ4n) is 3.41. The summed E-state index contributed by atoms with van der Waals surface area (Å²) < 4.78 is 5.98. The van der Waals surface area contributed by atoms with Gasteiger partial charge in [0.05, 0.1) is 23.3 Å². The molecule has 2 saturated heterocycles. The van der Waals surface area contributed by atoms with Crippen molar-refractivity contribution in [1.82, 2.24) is 4.90 Å². The smallest absolute Gasteiger partial charge is 0.0991 e. The van der Waals surface area contributed by atoms with Crippen molar-refractivity contribution in [3.8, 4) is 6.07 Å². The highest BCUT2D eigenvalue weighted by Crippen LogP contribution is 2.35. The molecule has 0 aliphatic carbocycles. The molecule has 2 aliphatic heterocycles. The number of hydrogen-bond acceptors (Lipinski definition) is 4. The number of likely N-dealkylation sites (tertiary alicyclic amines) is 1. The molecular formula is C17H22N2O2. The summed E-state index contributed by atoms with van der Waals surface area (Å²) in [6.07, 6.45) is 3.37. The number of nitriles is 1. The Kier molecular flexibility index (Phi) is 4.25. The van der Waals surface area contributed by atoms with Crippen LogP contribution in [-0.4, -0.2) is 41.4 Å². The zero-order valence-electron chi connectivity index (χ0n) is 12.3. The van der Waals surface area contributed by atoms with E-state index in [0.29, 0.717) is 12.2 Å². The van der Waals surface area contributed by atoms with Gasteiger partial charge < -0.3 is 9.84 Å². The molecule has 1 N–H and O–H groups in total. The van der Waals surface area contributed by atoms with Crippen LogP contribution in [0, 0.1) is 11.3 Å². The van der Waals surface area contributed by atoms with Gasteiger partial charge in [0.15, 0.2) is 0 Å². The van der Waals surface area contributed by atoms with Gasteiger partial charge in [-0.15, -0.1) is 0 Å². The van der Waals surface area contributed by atoms with Gasteiger partial charge in [-0.05, 0) is 37.0 Å². The summed E-state index contributed by atoms with van der Waals surface area (Å²) in [5.74, 6) is 0. The Hall–Kier alpha value is -1.41. The second kappa shape index (κ2) is 6.15. The van der Waals surface area contributed by atoms with E-state index < -0.39 is 0 Å². The van der Waals surface area contributed by atoms with E-state index >= 15 is 0 Å². The monoisotopic (exact) mass is 286 g/mol. The Morgan fingerprint density at radius 2 is 2.00 bits per heavy atom. The van der Waals surface area contributed by atoms with E-state index in [1.54, 1.807) is 0 Å². The van der Waals surface area contributed by atoms with Crippen molar-refractivity contribution in [2.75, 3.05) is 19.7 Å². The number of ether oxygens (including phenoxy) is 1. The third-order valence-corrected chi connectivity index (χ3v) is 4.72. The van der Waals surface area contributed by atoms with Gasteiger partial charge in [0.25, 0.3) is 0 Å². The van der Waals surface area contributed by atoms with Gasteiger partial charge in [-0.25, -0.2) is 0 Å². The average molecular weight is 286 g/mol. The Labute approximate surface area is 125 Å². The molecule has 1 atom stereocenters. The quantitative estimate of drug-likeness (QED) is 0.904. The zero-order chi connectivity index (χ0) is 14.7. The molecule has 21 heavy (non-hydrogen) atoms. The predicted octanol–water partition coefficient (Wildman–Crippen LogP) is 2.06. The minimum atomic E-state index is -0.191. The summed E-state index contributed by atoms with van der Waals surface area (Å²) >= 11 is 0. The third-order valence-electron chi connectivity index (χ3n) is 4.72. The normalized spacial score (nSPS) is 25.6. The first-order chi connectivity index (χ1) is 10.2. The van der Waals surface area contributed by atoms with E-state index in [9.17, 15) is 5.11 Å². The predicted molar refractivity (Wildman–Crippen MR) is 79.6 cm³/mol. The van der Waals surface area contributed by atoms with Crippen molar-refractivity contribution in [2.45, 2.75) is 43.9 Å². The molecule has 2 fully saturated rings. The molecule has 2 aliphatic rings. The number of aliphatic hydroxyl groups is 1. The zero-order valence-corrected chi connectivity index (χ0v) is 12.3. The molecule has 1 aromatic rings. The summed E-state index contributed by atoms with van der Waals surface area (Å²) in [7, 11) is 0. The number of hydrogen-bond donors (Lipinski definition) is 1. The molecule has 0 saturated carbocycles. The van der Waals surface area contributed by atoms with Crippen molar-refractivity contribution in [3.05, 3.63) is 35.4 Å². The lowest BCUT2D eigenvalue weighted by Gasteiger charge is -2.45. The third kappa shape index (κ3) is 3.44. The van der Waals surface area contributed by atoms with Crippen LogP contribution in [0.3, 0.4) is 0 Å². The first-order valence-electron chi connectivity index (χ1n) is 7.73. The van der Waals surface area contributed by atoms with Gasteiger partial charge in [-0.1, -0.05) is 12.1 Å². The minimum Gasteiger partial charge on any atom is -0.393 e. The van der Waals surface area contributed by atoms with E-state index in [1.165, 1.54) is 5.56 Å². The first kappa shape index (κ1) is 14.5. The van der Waals surface area contributed by atoms with Crippen LogP contribution >= 0.6 is 0 Å². The van der Waals surface area contributed by atoms with Crippen LogP contribution in [0.25, 0.3) is 0 Å². The van der Waals surface area contributed by atoms with Crippen LogP contribution in [0.2, 0.25) is 0 Å². The Morgan fingerprint density at radius 1 is 1.29 bits per heavy atom. The van der Waals surface area contributed by atoms with Gasteiger partial charge >= 0.3 is 0 Å². The molecule has 0 aromatic heterocycles. The fraction of sp³-hybridized carbons (Fsp3) is 0.588. The molecule has 0 amide bonds. The van der Waals surface area contributed by atoms with Crippen LogP contribution in [0.5, 0.6) is 0 Å². The number of rotatable bonds is 2. The highest BCUT2D eigenvalue weighted by Gasteiger charge is 2.39. The molecular weight excluding hydrogens is 264 g/mol. The molecule has 0 bridgehead atoms. The van der Waals surface area contributed by atoms with Crippen LogP contribution in [0.1, 0.15) is 36.8 Å². The van der Waals surface area contributed by atoms with Crippen LogP contribution < -0.4 is 0 Å². The van der Waals surface area contributed by atoms with E-state index in [1.807, 2.05) is 24.3 Å². The molecule has 1 spiro atoms. The summed E-state index contributed by atoms with van der Waals surface area (Å²) in [6.45, 7) is 3.63. The lowest BCUT2D eigenvalue weighted by molar-refractivity contribution is -0.143. The van der Waals surface area contributed by atoms with Crippen molar-refractivity contribution >= 4 is 0 Å². The summed E-state index contributed by atoms with van der Waals surface area (Å²) in [6, 6.07) is 9.96. The number of piperidine rings is 1. The van der Waals surface area contributed by atoms with Crippen molar-refractivity contribution in [2.24, 2.45) is 0 Å². The Balaban J connectivity index is 1.54. The number of benzene rings is 1. The second-order valence-electron chi connectivity index (χ2n) is 6.26. The highest BCUT2D eigenvalue weighted by molar-refractivity contribution is 5.31. The Bertz CT molecular complexity index is 513. The van der Waals surface area contributed by atoms with Crippen molar-refractivity contribution in [3.63, 3.8) is 0 Å². The molecule has 4 heteroatoms. The van der Waals surface area contributed by atoms with Gasteiger partial charge in [-0.2, -0.15) is 5.26 Å². The van der Waals surface area contributed by atoms with Gasteiger partial charge in [-0.3, -0.25) is 4.90 Å². The molecule has 4 nitrogen and oxygen atoms in total. The molecule has 1 aromatic carbocycles. The molecule has 1 unspecified atom stereocenters. The topological polar surface area (TPSA) is 56.5 Å². The van der Waals surface area contributed by atoms with Crippen molar-refractivity contribution < 1.29 is 9.84 Å². The van der Waals surface area contributed by atoms with E-state index in [2.05, 4.69) is 11.0 Å². The van der Waals surface area contributed by atoms with Crippen LogP contribution in [0.15, 0.2) is 24.3 Å². The fourth-order valence-corrected chi connectivity index (χ4v) is 3.41. The maximum Gasteiger partial charge on any atom is 0.0991 e. The largest absolute Gasteiger partial charge is 0.393 e. The molecule has 3 rings (SSSR count). The second-order valence-corrected chi connectivity index (χ2v) is 6.26. The average Bonchev–Trinajstić information content (AvgIpc) is 2.51. The standard InChI is InChI=1S/C17H22N2O2/c18-12-14-1-3-15(4-2-14)13-19-8-6-17(7-9-19)11-16(20)5-10-21-17/h1-4,16,20H,5-11,13H2. The minimum absolute atomic E-state index is 0.0845. The summed E-state index contributed by atoms with van der Waals surface area (Å²) in [5, 5.41) is 18.7. The highest BCUT2D eigenvalue weighted by atomic mass is 16.5. The molecule has 112 valence electrons. The van der Waals surface area contributed by atoms with Gasteiger partial charge in [0.1, 0.15) is 0 Å². The Morgan fingerprint density at radius 3 is 2.62 bits per heavy atom. The maximum absolute atomic E-state index is 9.86. The SMILES string of the molecule is N#Cc1ccc(CN2CCC3(CC2)CC(O)CCO3)cc1. The molecule has 2 heterocycles. The molecule has 0 radical (unpaired) electrons. The maximum atomic E-state index is 9.86. The summed E-state index contributed by atoms with van der Waals surface area (Å²) in [4.78, 5) is 2.43. The van der Waals surface area contributed by atoms with Crippen LogP contribution in [-0.2, 0) is 11.3 Å². The van der Waals surface area contributed by atoms with E-state index in [-0.39, 0.29) is 11.7 Å². The number of aliphatic hydroxyl groups excluding tert-OH is 1. The lowest BCUT2D eigenvalue weighted by atomic mass is 9.83.